The molecular weight excluding hydrogens is 266 g/mol. The minimum Gasteiger partial charge on any atom is -0.478 e. The van der Waals surface area contributed by atoms with Crippen molar-refractivity contribution in [3.63, 3.8) is 0 Å². The first-order valence-electron chi connectivity index (χ1n) is 5.27. The largest absolute Gasteiger partial charge is 0.478 e. The van der Waals surface area contributed by atoms with Gasteiger partial charge in [0, 0.05) is 4.90 Å². The summed E-state index contributed by atoms with van der Waals surface area (Å²) in [5, 5.41) is 20.9. The SMILES string of the molecule is O=C(O)c1cccc(Sc2cncc3nnnn23)c1. The Balaban J connectivity index is 1.99. The number of fused-ring (bicyclic) bond motifs is 1. The number of aromatic nitrogens is 5. The van der Waals surface area contributed by atoms with Crippen LogP contribution in [0.5, 0.6) is 0 Å². The molecule has 2 heterocycles. The van der Waals surface area contributed by atoms with E-state index in [0.29, 0.717) is 10.7 Å². The third kappa shape index (κ3) is 2.25. The molecule has 0 amide bonds. The molecule has 3 aromatic rings. The summed E-state index contributed by atoms with van der Waals surface area (Å²) in [5.74, 6) is -0.957. The highest BCUT2D eigenvalue weighted by Gasteiger charge is 2.08. The van der Waals surface area contributed by atoms with Gasteiger partial charge in [0.15, 0.2) is 5.65 Å². The third-order valence-electron chi connectivity index (χ3n) is 2.38. The van der Waals surface area contributed by atoms with Crippen LogP contribution in [0.15, 0.2) is 46.6 Å². The van der Waals surface area contributed by atoms with Crippen molar-refractivity contribution in [2.24, 2.45) is 0 Å². The minimum absolute atomic E-state index is 0.238. The highest BCUT2D eigenvalue weighted by Crippen LogP contribution is 2.27. The van der Waals surface area contributed by atoms with Crippen molar-refractivity contribution in [3.8, 4) is 0 Å². The topological polar surface area (TPSA) is 93.3 Å². The first kappa shape index (κ1) is 11.6. The highest BCUT2D eigenvalue weighted by atomic mass is 32.2. The zero-order valence-corrected chi connectivity index (χ0v) is 10.3. The van der Waals surface area contributed by atoms with Crippen molar-refractivity contribution in [1.29, 1.82) is 0 Å². The number of rotatable bonds is 3. The van der Waals surface area contributed by atoms with Crippen LogP contribution in [0.3, 0.4) is 0 Å². The van der Waals surface area contributed by atoms with Crippen LogP contribution < -0.4 is 0 Å². The molecule has 1 aromatic carbocycles. The summed E-state index contributed by atoms with van der Waals surface area (Å²) in [5.41, 5.74) is 0.779. The molecule has 0 saturated heterocycles. The number of carbonyl (C=O) groups is 1. The third-order valence-corrected chi connectivity index (χ3v) is 3.36. The maximum Gasteiger partial charge on any atom is 0.335 e. The smallest absolute Gasteiger partial charge is 0.335 e. The molecule has 0 unspecified atom stereocenters. The van der Waals surface area contributed by atoms with Crippen molar-refractivity contribution in [2.75, 3.05) is 0 Å². The predicted octanol–water partition coefficient (Wildman–Crippen LogP) is 1.37. The number of nitrogens with zero attached hydrogens (tertiary/aromatic N) is 5. The van der Waals surface area contributed by atoms with Crippen molar-refractivity contribution in [1.82, 2.24) is 25.0 Å². The number of carboxylic acid groups (broad SMARTS) is 1. The molecule has 1 N–H and O–H groups in total. The molecule has 0 saturated carbocycles. The molecule has 8 heteroatoms. The standard InChI is InChI=1S/C11H7N5O2S/c17-11(18)7-2-1-3-8(4-7)19-10-6-12-5-9-13-14-15-16(9)10/h1-6H,(H,17,18). The molecule has 0 aliphatic heterocycles. The molecule has 94 valence electrons. The van der Waals surface area contributed by atoms with Crippen molar-refractivity contribution >= 4 is 23.4 Å². The Kier molecular flexibility index (Phi) is 2.84. The zero-order valence-electron chi connectivity index (χ0n) is 9.46. The fraction of sp³-hybridized carbons (Fsp3) is 0. The maximum absolute atomic E-state index is 10.9. The van der Waals surface area contributed by atoms with Gasteiger partial charge in [-0.1, -0.05) is 17.8 Å². The second-order valence-electron chi connectivity index (χ2n) is 3.63. The van der Waals surface area contributed by atoms with Gasteiger partial charge in [-0.3, -0.25) is 4.98 Å². The van der Waals surface area contributed by atoms with E-state index in [2.05, 4.69) is 20.5 Å². The fourth-order valence-electron chi connectivity index (χ4n) is 1.54. The fourth-order valence-corrected chi connectivity index (χ4v) is 2.44. The average Bonchev–Trinajstić information content (AvgIpc) is 2.88. The first-order chi connectivity index (χ1) is 9.24. The molecule has 0 fully saturated rings. The van der Waals surface area contributed by atoms with Crippen LogP contribution in [0, 0.1) is 0 Å². The summed E-state index contributed by atoms with van der Waals surface area (Å²) in [4.78, 5) is 15.7. The lowest BCUT2D eigenvalue weighted by Gasteiger charge is -2.03. The molecule has 19 heavy (non-hydrogen) atoms. The van der Waals surface area contributed by atoms with E-state index in [9.17, 15) is 4.79 Å². The van der Waals surface area contributed by atoms with Crippen molar-refractivity contribution < 1.29 is 9.90 Å². The van der Waals surface area contributed by atoms with Crippen LogP contribution in [0.2, 0.25) is 0 Å². The lowest BCUT2D eigenvalue weighted by molar-refractivity contribution is 0.0696. The molecule has 0 spiro atoms. The molecule has 0 radical (unpaired) electrons. The maximum atomic E-state index is 10.9. The molecular formula is C11H7N5O2S. The quantitative estimate of drug-likeness (QED) is 0.770. The van der Waals surface area contributed by atoms with E-state index in [4.69, 9.17) is 5.11 Å². The second-order valence-corrected chi connectivity index (χ2v) is 4.72. The molecule has 7 nitrogen and oxygen atoms in total. The van der Waals surface area contributed by atoms with Crippen LogP contribution in [0.1, 0.15) is 10.4 Å². The number of hydrogen-bond acceptors (Lipinski definition) is 6. The van der Waals surface area contributed by atoms with Gasteiger partial charge in [0.2, 0.25) is 0 Å². The zero-order chi connectivity index (χ0) is 13.2. The molecule has 0 bridgehead atoms. The van der Waals surface area contributed by atoms with Gasteiger partial charge in [-0.05, 0) is 28.6 Å². The van der Waals surface area contributed by atoms with Gasteiger partial charge in [0.05, 0.1) is 18.0 Å². The Bertz CT molecular complexity index is 757. The Morgan fingerprint density at radius 2 is 2.21 bits per heavy atom. The molecule has 3 rings (SSSR count). The second kappa shape index (κ2) is 4.65. The summed E-state index contributed by atoms with van der Waals surface area (Å²) < 4.78 is 1.55. The molecule has 0 aliphatic carbocycles. The number of aromatic carboxylic acids is 1. The van der Waals surface area contributed by atoms with Gasteiger partial charge in [0.25, 0.3) is 0 Å². The lowest BCUT2D eigenvalue weighted by atomic mass is 10.2. The van der Waals surface area contributed by atoms with E-state index in [1.165, 1.54) is 11.8 Å². The van der Waals surface area contributed by atoms with E-state index in [0.717, 1.165) is 4.90 Å². The normalized spacial score (nSPS) is 10.7. The number of tetrazole rings is 1. The van der Waals surface area contributed by atoms with Gasteiger partial charge < -0.3 is 5.11 Å². The van der Waals surface area contributed by atoms with E-state index in [1.54, 1.807) is 35.1 Å². The van der Waals surface area contributed by atoms with Crippen LogP contribution in [-0.4, -0.2) is 36.1 Å². The number of benzene rings is 1. The summed E-state index contributed by atoms with van der Waals surface area (Å²) in [7, 11) is 0. The average molecular weight is 273 g/mol. The Hall–Kier alpha value is -2.48. The molecule has 0 atom stereocenters. The number of hydrogen-bond donors (Lipinski definition) is 1. The molecule has 2 aromatic heterocycles. The summed E-state index contributed by atoms with van der Waals surface area (Å²) in [6.07, 6.45) is 3.18. The van der Waals surface area contributed by atoms with E-state index >= 15 is 0 Å². The number of carboxylic acids is 1. The van der Waals surface area contributed by atoms with Crippen LogP contribution in [-0.2, 0) is 0 Å². The van der Waals surface area contributed by atoms with Gasteiger partial charge in [-0.25, -0.2) is 4.79 Å². The summed E-state index contributed by atoms with van der Waals surface area (Å²) in [6.45, 7) is 0. The van der Waals surface area contributed by atoms with Crippen LogP contribution in [0.25, 0.3) is 5.65 Å². The Morgan fingerprint density at radius 1 is 1.32 bits per heavy atom. The van der Waals surface area contributed by atoms with Gasteiger partial charge in [-0.15, -0.1) is 5.10 Å². The van der Waals surface area contributed by atoms with Gasteiger partial charge in [-0.2, -0.15) is 4.52 Å². The predicted molar refractivity (Wildman–Crippen MR) is 66.1 cm³/mol. The van der Waals surface area contributed by atoms with E-state index < -0.39 is 5.97 Å². The lowest BCUT2D eigenvalue weighted by Crippen LogP contribution is -1.96. The highest BCUT2D eigenvalue weighted by molar-refractivity contribution is 7.99. The summed E-state index contributed by atoms with van der Waals surface area (Å²) >= 11 is 1.35. The van der Waals surface area contributed by atoms with Gasteiger partial charge >= 0.3 is 5.97 Å². The van der Waals surface area contributed by atoms with Crippen LogP contribution >= 0.6 is 11.8 Å². The Morgan fingerprint density at radius 3 is 3.05 bits per heavy atom. The summed E-state index contributed by atoms with van der Waals surface area (Å²) in [6, 6.07) is 6.65. The first-order valence-corrected chi connectivity index (χ1v) is 6.09. The Labute approximate surface area is 111 Å². The van der Waals surface area contributed by atoms with E-state index in [1.807, 2.05) is 6.07 Å². The van der Waals surface area contributed by atoms with Crippen molar-refractivity contribution in [3.05, 3.63) is 42.2 Å². The van der Waals surface area contributed by atoms with Crippen molar-refractivity contribution in [2.45, 2.75) is 9.92 Å². The van der Waals surface area contributed by atoms with Crippen LogP contribution in [0.4, 0.5) is 0 Å². The van der Waals surface area contributed by atoms with Gasteiger partial charge in [0.1, 0.15) is 5.03 Å². The molecule has 0 aliphatic rings. The monoisotopic (exact) mass is 273 g/mol. The minimum atomic E-state index is -0.957. The van der Waals surface area contributed by atoms with E-state index in [-0.39, 0.29) is 5.56 Å².